The molecule has 0 saturated carbocycles. The number of aromatic nitrogens is 3. The third-order valence-corrected chi connectivity index (χ3v) is 9.10. The summed E-state index contributed by atoms with van der Waals surface area (Å²) >= 11 is 0. The van der Waals surface area contributed by atoms with Gasteiger partial charge in [-0.3, -0.25) is 9.69 Å². The van der Waals surface area contributed by atoms with Crippen molar-refractivity contribution in [2.75, 3.05) is 59.2 Å². The highest BCUT2D eigenvalue weighted by Crippen LogP contribution is 2.32. The number of benzene rings is 1. The van der Waals surface area contributed by atoms with Gasteiger partial charge >= 0.3 is 0 Å². The number of hydrogen-bond acceptors (Lipinski definition) is 10. The molecule has 0 aliphatic carbocycles. The highest BCUT2D eigenvalue weighted by molar-refractivity contribution is 7.89. The molecule has 0 bridgehead atoms. The molecule has 14 heteroatoms. The van der Waals surface area contributed by atoms with Crippen LogP contribution in [0.2, 0.25) is 0 Å². The summed E-state index contributed by atoms with van der Waals surface area (Å²) in [6, 6.07) is 4.60. The molecule has 1 aromatic carbocycles. The first-order chi connectivity index (χ1) is 20.3. The summed E-state index contributed by atoms with van der Waals surface area (Å²) in [5.74, 6) is 0.571. The second-order valence-electron chi connectivity index (χ2n) is 9.86. The van der Waals surface area contributed by atoms with Crippen molar-refractivity contribution in [3.63, 3.8) is 0 Å². The average molecular weight is 605 g/mol. The van der Waals surface area contributed by atoms with Crippen LogP contribution in [0.4, 0.5) is 0 Å². The number of aryl methyl sites for hydroxylation is 2. The number of piperazine rings is 1. The third kappa shape index (κ3) is 6.52. The summed E-state index contributed by atoms with van der Waals surface area (Å²) in [6.07, 6.45) is 3.48. The van der Waals surface area contributed by atoms with E-state index < -0.39 is 10.0 Å². The van der Waals surface area contributed by atoms with E-state index in [2.05, 4.69) is 10.1 Å². The Morgan fingerprint density at radius 3 is 2.52 bits per heavy atom. The number of sulfonamides is 1. The number of nitrogens with zero attached hydrogens (tertiary/aromatic N) is 5. The minimum atomic E-state index is -3.84. The SMILES string of the molecule is CCCc1c(/C=N/OCCO)c(CC)c2c(=O)[nH]c(-c3cc(S(=O)(=O)N4CCN(CCO)CC4)ccc3OCC)nn12. The molecule has 4 rings (SSSR count). The highest BCUT2D eigenvalue weighted by atomic mass is 32.2. The van der Waals surface area contributed by atoms with Crippen LogP contribution in [0.3, 0.4) is 0 Å². The molecule has 0 amide bonds. The Bertz CT molecular complexity index is 1560. The van der Waals surface area contributed by atoms with Gasteiger partial charge in [-0.1, -0.05) is 25.4 Å². The van der Waals surface area contributed by atoms with Gasteiger partial charge in [-0.25, -0.2) is 12.9 Å². The lowest BCUT2D eigenvalue weighted by Crippen LogP contribution is -2.49. The Kier molecular flexibility index (Phi) is 10.7. The Labute approximate surface area is 245 Å². The zero-order chi connectivity index (χ0) is 30.3. The minimum Gasteiger partial charge on any atom is -0.493 e. The van der Waals surface area contributed by atoms with E-state index in [0.717, 1.165) is 23.2 Å². The molecular formula is C28H40N6O7S. The van der Waals surface area contributed by atoms with Gasteiger partial charge in [-0.15, -0.1) is 5.10 Å². The molecule has 13 nitrogen and oxygen atoms in total. The van der Waals surface area contributed by atoms with Crippen LogP contribution >= 0.6 is 0 Å². The Hall–Kier alpha value is -3.30. The summed E-state index contributed by atoms with van der Waals surface area (Å²) < 4.78 is 36.1. The number of rotatable bonds is 14. The zero-order valence-corrected chi connectivity index (χ0v) is 25.2. The molecule has 3 N–H and O–H groups in total. The minimum absolute atomic E-state index is 0.0252. The molecule has 230 valence electrons. The number of aliphatic hydroxyl groups is 2. The van der Waals surface area contributed by atoms with Gasteiger partial charge in [0.15, 0.2) is 5.82 Å². The lowest BCUT2D eigenvalue weighted by molar-refractivity contribution is 0.0997. The van der Waals surface area contributed by atoms with Crippen molar-refractivity contribution in [2.45, 2.75) is 44.9 Å². The van der Waals surface area contributed by atoms with Crippen molar-refractivity contribution in [1.29, 1.82) is 0 Å². The molecular weight excluding hydrogens is 564 g/mol. The van der Waals surface area contributed by atoms with Gasteiger partial charge < -0.3 is 24.8 Å². The van der Waals surface area contributed by atoms with Crippen LogP contribution < -0.4 is 10.3 Å². The molecule has 3 heterocycles. The highest BCUT2D eigenvalue weighted by Gasteiger charge is 2.30. The van der Waals surface area contributed by atoms with Gasteiger partial charge in [-0.05, 0) is 43.5 Å². The van der Waals surface area contributed by atoms with Crippen molar-refractivity contribution in [1.82, 2.24) is 23.8 Å². The van der Waals surface area contributed by atoms with E-state index in [1.54, 1.807) is 16.8 Å². The predicted octanol–water partition coefficient (Wildman–Crippen LogP) is 1.24. The second-order valence-corrected chi connectivity index (χ2v) is 11.8. The van der Waals surface area contributed by atoms with Crippen molar-refractivity contribution in [3.8, 4) is 17.1 Å². The largest absolute Gasteiger partial charge is 0.493 e. The van der Waals surface area contributed by atoms with Gasteiger partial charge in [0.2, 0.25) is 10.0 Å². The third-order valence-electron chi connectivity index (χ3n) is 7.21. The van der Waals surface area contributed by atoms with E-state index in [-0.39, 0.29) is 36.1 Å². The van der Waals surface area contributed by atoms with Crippen LogP contribution in [0.25, 0.3) is 16.9 Å². The van der Waals surface area contributed by atoms with E-state index in [1.807, 2.05) is 25.7 Å². The van der Waals surface area contributed by atoms with Crippen molar-refractivity contribution >= 4 is 21.8 Å². The monoisotopic (exact) mass is 604 g/mol. The summed E-state index contributed by atoms with van der Waals surface area (Å²) in [4.78, 5) is 23.6. The number of β-amino-alcohol motifs (C(OH)–C–C–N with tert-alkyl or cyclic N) is 1. The van der Waals surface area contributed by atoms with Gasteiger partial charge in [-0.2, -0.15) is 4.31 Å². The Morgan fingerprint density at radius 1 is 1.12 bits per heavy atom. The molecule has 3 aromatic rings. The number of aliphatic hydroxyl groups excluding tert-OH is 2. The van der Waals surface area contributed by atoms with Crippen LogP contribution in [0.1, 0.15) is 44.0 Å². The number of oxime groups is 1. The van der Waals surface area contributed by atoms with E-state index in [9.17, 15) is 18.3 Å². The lowest BCUT2D eigenvalue weighted by atomic mass is 10.1. The average Bonchev–Trinajstić information content (AvgIpc) is 3.29. The number of nitrogens with one attached hydrogen (secondary N) is 1. The van der Waals surface area contributed by atoms with Gasteiger partial charge in [0.1, 0.15) is 17.9 Å². The fourth-order valence-corrected chi connectivity index (χ4v) is 6.68. The van der Waals surface area contributed by atoms with E-state index >= 15 is 0 Å². The van der Waals surface area contributed by atoms with Crippen LogP contribution in [0, 0.1) is 0 Å². The molecule has 1 fully saturated rings. The Morgan fingerprint density at radius 2 is 1.88 bits per heavy atom. The standard InChI is InChI=1S/C28H40N6O7S/c1-4-7-24-23(19-29-41-17-16-36)21(5-2)26-28(37)30-27(31-34(24)26)22-18-20(8-9-25(22)40-6-3)42(38,39)33-12-10-32(11-13-33)14-15-35/h8-9,18-19,35-36H,4-7,10-17H2,1-3H3,(H,30,31,37)/b29-19+. The van der Waals surface area contributed by atoms with Crippen molar-refractivity contribution < 1.29 is 28.2 Å². The molecule has 1 aliphatic rings. The number of ether oxygens (including phenoxy) is 1. The molecule has 0 atom stereocenters. The molecule has 42 heavy (non-hydrogen) atoms. The smallest absolute Gasteiger partial charge is 0.275 e. The fourth-order valence-electron chi connectivity index (χ4n) is 5.23. The van der Waals surface area contributed by atoms with Crippen molar-refractivity contribution in [2.24, 2.45) is 5.16 Å². The Balaban J connectivity index is 1.83. The van der Waals surface area contributed by atoms with Gasteiger partial charge in [0.05, 0.1) is 42.2 Å². The quantitative estimate of drug-likeness (QED) is 0.140. The number of hydrogen-bond donors (Lipinski definition) is 3. The first kappa shape index (κ1) is 31.6. The first-order valence-corrected chi connectivity index (χ1v) is 15.8. The van der Waals surface area contributed by atoms with E-state index in [1.165, 1.54) is 16.4 Å². The van der Waals surface area contributed by atoms with Gasteiger partial charge in [0.25, 0.3) is 5.56 Å². The van der Waals surface area contributed by atoms with Crippen LogP contribution in [-0.2, 0) is 27.7 Å². The topological polar surface area (TPSA) is 162 Å². The second kappa shape index (κ2) is 14.2. The molecule has 0 unspecified atom stereocenters. The molecule has 2 aromatic heterocycles. The molecule has 0 radical (unpaired) electrons. The predicted molar refractivity (Wildman–Crippen MR) is 159 cm³/mol. The van der Waals surface area contributed by atoms with Gasteiger partial charge in [0, 0.05) is 38.3 Å². The number of H-pyrrole nitrogens is 1. The number of fused-ring (bicyclic) bond motifs is 1. The number of aromatic amines is 1. The maximum atomic E-state index is 13.6. The normalized spacial score (nSPS) is 15.2. The van der Waals surface area contributed by atoms with E-state index in [0.29, 0.717) is 69.0 Å². The first-order valence-electron chi connectivity index (χ1n) is 14.3. The summed E-state index contributed by atoms with van der Waals surface area (Å²) in [5.41, 5.74) is 2.63. The molecule has 0 spiro atoms. The van der Waals surface area contributed by atoms with Crippen LogP contribution in [0.15, 0.2) is 33.0 Å². The zero-order valence-electron chi connectivity index (χ0n) is 24.4. The van der Waals surface area contributed by atoms with E-state index in [4.69, 9.17) is 19.8 Å². The fraction of sp³-hybridized carbons (Fsp3) is 0.536. The maximum absolute atomic E-state index is 13.6. The van der Waals surface area contributed by atoms with Crippen LogP contribution in [0.5, 0.6) is 5.75 Å². The summed E-state index contributed by atoms with van der Waals surface area (Å²) in [5, 5.41) is 27.0. The van der Waals surface area contributed by atoms with Crippen LogP contribution in [-0.4, -0.2) is 108 Å². The lowest BCUT2D eigenvalue weighted by Gasteiger charge is -2.33. The summed E-state index contributed by atoms with van der Waals surface area (Å²) in [6.45, 7) is 8.20. The van der Waals surface area contributed by atoms with Crippen molar-refractivity contribution in [3.05, 3.63) is 45.4 Å². The molecule has 1 saturated heterocycles. The molecule has 1 aliphatic heterocycles. The maximum Gasteiger partial charge on any atom is 0.275 e. The summed E-state index contributed by atoms with van der Waals surface area (Å²) in [7, 11) is -3.84.